The highest BCUT2D eigenvalue weighted by Gasteiger charge is 2.11. The van der Waals surface area contributed by atoms with E-state index in [1.165, 1.54) is 6.07 Å². The third kappa shape index (κ3) is 4.13. The Balaban J connectivity index is 2.59. The van der Waals surface area contributed by atoms with Gasteiger partial charge in [0.2, 0.25) is 5.91 Å². The lowest BCUT2D eigenvalue weighted by Gasteiger charge is -2.13. The fourth-order valence-corrected chi connectivity index (χ4v) is 1.52. The maximum Gasteiger partial charge on any atom is 0.224 e. The van der Waals surface area contributed by atoms with Crippen LogP contribution < -0.4 is 5.32 Å². The predicted octanol–water partition coefficient (Wildman–Crippen LogP) is 2.32. The zero-order chi connectivity index (χ0) is 13.5. The zero-order valence-corrected chi connectivity index (χ0v) is 10.0. The zero-order valence-electron chi connectivity index (χ0n) is 10.0. The molecule has 0 saturated heterocycles. The van der Waals surface area contributed by atoms with Crippen LogP contribution in [-0.2, 0) is 11.2 Å². The van der Waals surface area contributed by atoms with E-state index in [0.29, 0.717) is 12.0 Å². The van der Waals surface area contributed by atoms with Crippen LogP contribution in [0.3, 0.4) is 0 Å². The molecule has 0 aromatic heterocycles. The van der Waals surface area contributed by atoms with E-state index in [-0.39, 0.29) is 24.8 Å². The van der Waals surface area contributed by atoms with Gasteiger partial charge in [-0.15, -0.1) is 0 Å². The number of nitrogens with zero attached hydrogens (tertiary/aromatic N) is 1. The number of carbonyl (C=O) groups excluding carboxylic acids is 1. The van der Waals surface area contributed by atoms with Crippen molar-refractivity contribution in [2.45, 2.75) is 32.2 Å². The van der Waals surface area contributed by atoms with Gasteiger partial charge in [0.25, 0.3) is 0 Å². The van der Waals surface area contributed by atoms with Crippen molar-refractivity contribution in [3.05, 3.63) is 35.4 Å². The van der Waals surface area contributed by atoms with E-state index >= 15 is 0 Å². The Morgan fingerprint density at radius 3 is 2.72 bits per heavy atom. The summed E-state index contributed by atoms with van der Waals surface area (Å²) in [6.45, 7) is 1.86. The summed E-state index contributed by atoms with van der Waals surface area (Å²) in [6.07, 6.45) is 0.857. The highest BCUT2D eigenvalue weighted by Crippen LogP contribution is 2.09. The lowest BCUT2D eigenvalue weighted by molar-refractivity contribution is -0.121. The third-order valence-electron chi connectivity index (χ3n) is 2.54. The van der Waals surface area contributed by atoms with Crippen LogP contribution in [0.2, 0.25) is 0 Å². The standard InChI is InChI=1S/C13H14F2N2O/c1-2-10(5-6-16)17-13(18)8-9-3-4-11(14)12(15)7-9/h3-4,7,10H,2,5,8H2,1H3,(H,17,18). The molecule has 1 amide bonds. The summed E-state index contributed by atoms with van der Waals surface area (Å²) in [5, 5.41) is 11.2. The molecule has 1 rings (SSSR count). The number of rotatable bonds is 5. The average Bonchev–Trinajstić information content (AvgIpc) is 2.33. The van der Waals surface area contributed by atoms with Gasteiger partial charge in [0, 0.05) is 6.04 Å². The van der Waals surface area contributed by atoms with Gasteiger partial charge in [0.1, 0.15) is 0 Å². The second kappa shape index (κ2) is 6.70. The molecule has 1 N–H and O–H groups in total. The summed E-state index contributed by atoms with van der Waals surface area (Å²) in [6, 6.07) is 5.13. The monoisotopic (exact) mass is 252 g/mol. The molecule has 0 saturated carbocycles. The van der Waals surface area contributed by atoms with E-state index in [4.69, 9.17) is 5.26 Å². The second-order valence-electron chi connectivity index (χ2n) is 3.96. The maximum absolute atomic E-state index is 12.9. The number of nitrogens with one attached hydrogen (secondary N) is 1. The van der Waals surface area contributed by atoms with Crippen molar-refractivity contribution in [3.63, 3.8) is 0 Å². The normalized spacial score (nSPS) is 11.7. The first-order valence-electron chi connectivity index (χ1n) is 5.67. The Bertz CT molecular complexity index is 469. The van der Waals surface area contributed by atoms with Gasteiger partial charge in [-0.25, -0.2) is 8.78 Å². The third-order valence-corrected chi connectivity index (χ3v) is 2.54. The van der Waals surface area contributed by atoms with Crippen molar-refractivity contribution in [3.8, 4) is 6.07 Å². The van der Waals surface area contributed by atoms with Crippen molar-refractivity contribution in [1.82, 2.24) is 5.32 Å². The van der Waals surface area contributed by atoms with Crippen LogP contribution in [0.15, 0.2) is 18.2 Å². The summed E-state index contributed by atoms with van der Waals surface area (Å²) < 4.78 is 25.6. The Labute approximate surface area is 104 Å². The van der Waals surface area contributed by atoms with Gasteiger partial charge in [-0.3, -0.25) is 4.79 Å². The lowest BCUT2D eigenvalue weighted by atomic mass is 10.1. The van der Waals surface area contributed by atoms with E-state index in [9.17, 15) is 13.6 Å². The van der Waals surface area contributed by atoms with Crippen molar-refractivity contribution < 1.29 is 13.6 Å². The minimum absolute atomic E-state index is 0.0286. The van der Waals surface area contributed by atoms with Crippen LogP contribution in [0.25, 0.3) is 0 Å². The number of hydrogen-bond acceptors (Lipinski definition) is 2. The molecule has 0 bridgehead atoms. The number of hydrogen-bond donors (Lipinski definition) is 1. The van der Waals surface area contributed by atoms with Gasteiger partial charge in [0.15, 0.2) is 11.6 Å². The van der Waals surface area contributed by atoms with E-state index < -0.39 is 11.6 Å². The molecule has 0 aliphatic rings. The summed E-state index contributed by atoms with van der Waals surface area (Å²) in [4.78, 5) is 11.6. The largest absolute Gasteiger partial charge is 0.352 e. The second-order valence-corrected chi connectivity index (χ2v) is 3.96. The molecule has 1 aromatic carbocycles. The van der Waals surface area contributed by atoms with Crippen LogP contribution in [0.1, 0.15) is 25.3 Å². The first-order chi connectivity index (χ1) is 8.56. The minimum atomic E-state index is -0.968. The van der Waals surface area contributed by atoms with Crippen LogP contribution in [0.5, 0.6) is 0 Å². The van der Waals surface area contributed by atoms with E-state index in [1.807, 2.05) is 13.0 Å². The van der Waals surface area contributed by atoms with Crippen LogP contribution in [0, 0.1) is 23.0 Å². The summed E-state index contributed by atoms with van der Waals surface area (Å²) in [5.74, 6) is -2.21. The first kappa shape index (κ1) is 14.1. The summed E-state index contributed by atoms with van der Waals surface area (Å²) in [7, 11) is 0. The van der Waals surface area contributed by atoms with Crippen molar-refractivity contribution in [2.24, 2.45) is 0 Å². The topological polar surface area (TPSA) is 52.9 Å². The molecule has 0 aliphatic carbocycles. The van der Waals surface area contributed by atoms with E-state index in [0.717, 1.165) is 12.1 Å². The fraction of sp³-hybridized carbons (Fsp3) is 0.385. The molecule has 18 heavy (non-hydrogen) atoms. The van der Waals surface area contributed by atoms with Gasteiger partial charge >= 0.3 is 0 Å². The number of carbonyl (C=O) groups is 1. The van der Waals surface area contributed by atoms with E-state index in [2.05, 4.69) is 5.32 Å². The molecule has 0 heterocycles. The van der Waals surface area contributed by atoms with Gasteiger partial charge in [-0.1, -0.05) is 13.0 Å². The lowest BCUT2D eigenvalue weighted by Crippen LogP contribution is -2.35. The highest BCUT2D eigenvalue weighted by atomic mass is 19.2. The Morgan fingerprint density at radius 1 is 1.44 bits per heavy atom. The molecular formula is C13H14F2N2O. The maximum atomic E-state index is 12.9. The van der Waals surface area contributed by atoms with Gasteiger partial charge in [-0.2, -0.15) is 5.26 Å². The number of halogens is 2. The summed E-state index contributed by atoms with van der Waals surface area (Å²) >= 11 is 0. The summed E-state index contributed by atoms with van der Waals surface area (Å²) in [5.41, 5.74) is 0.401. The molecule has 0 fully saturated rings. The SMILES string of the molecule is CCC(CC#N)NC(=O)Cc1ccc(F)c(F)c1. The molecule has 0 aliphatic heterocycles. The molecule has 1 aromatic rings. The van der Waals surface area contributed by atoms with Gasteiger partial charge in [0.05, 0.1) is 18.9 Å². The van der Waals surface area contributed by atoms with Crippen molar-refractivity contribution in [2.75, 3.05) is 0 Å². The smallest absolute Gasteiger partial charge is 0.224 e. The fourth-order valence-electron chi connectivity index (χ4n) is 1.52. The highest BCUT2D eigenvalue weighted by molar-refractivity contribution is 5.78. The van der Waals surface area contributed by atoms with Crippen molar-refractivity contribution >= 4 is 5.91 Å². The molecule has 0 radical (unpaired) electrons. The van der Waals surface area contributed by atoms with Gasteiger partial charge < -0.3 is 5.32 Å². The first-order valence-corrected chi connectivity index (χ1v) is 5.67. The average molecular weight is 252 g/mol. The molecule has 5 heteroatoms. The number of amides is 1. The predicted molar refractivity (Wildman–Crippen MR) is 62.5 cm³/mol. The van der Waals surface area contributed by atoms with E-state index in [1.54, 1.807) is 0 Å². The Kier molecular flexibility index (Phi) is 5.25. The molecule has 1 atom stereocenters. The van der Waals surface area contributed by atoms with Crippen molar-refractivity contribution in [1.29, 1.82) is 5.26 Å². The Morgan fingerprint density at radius 2 is 2.17 bits per heavy atom. The minimum Gasteiger partial charge on any atom is -0.352 e. The molecule has 3 nitrogen and oxygen atoms in total. The Hall–Kier alpha value is -1.96. The molecule has 1 unspecified atom stereocenters. The number of benzene rings is 1. The molecule has 96 valence electrons. The van der Waals surface area contributed by atoms with Crippen LogP contribution in [0.4, 0.5) is 8.78 Å². The molecular weight excluding hydrogens is 238 g/mol. The van der Waals surface area contributed by atoms with Gasteiger partial charge in [-0.05, 0) is 24.1 Å². The van der Waals surface area contributed by atoms with Crippen LogP contribution in [-0.4, -0.2) is 11.9 Å². The molecule has 0 spiro atoms. The quantitative estimate of drug-likeness (QED) is 0.874. The van der Waals surface area contributed by atoms with Crippen LogP contribution >= 0.6 is 0 Å². The number of nitriles is 1.